The number of carbonyl (C=O) groups is 3. The highest BCUT2D eigenvalue weighted by Gasteiger charge is 2.22. The third-order valence-corrected chi connectivity index (χ3v) is 3.18. The van der Waals surface area contributed by atoms with E-state index in [0.29, 0.717) is 19.5 Å². The van der Waals surface area contributed by atoms with Crippen LogP contribution in [0.2, 0.25) is 0 Å². The zero-order chi connectivity index (χ0) is 15.8. The average molecular weight is 300 g/mol. The maximum Gasteiger partial charge on any atom is 0.326 e. The molecule has 1 atom stereocenters. The smallest absolute Gasteiger partial charge is 0.326 e. The second-order valence-corrected chi connectivity index (χ2v) is 5.48. The van der Waals surface area contributed by atoms with Crippen LogP contribution < -0.4 is 16.0 Å². The lowest BCUT2D eigenvalue weighted by Gasteiger charge is -2.27. The number of carbonyl (C=O) groups excluding carboxylic acids is 2. The molecule has 21 heavy (non-hydrogen) atoms. The molecule has 0 spiro atoms. The molecule has 1 heterocycles. The van der Waals surface area contributed by atoms with Gasteiger partial charge in [-0.15, -0.1) is 0 Å². The fourth-order valence-electron chi connectivity index (χ4n) is 2.08. The predicted molar refractivity (Wildman–Crippen MR) is 76.9 cm³/mol. The molecule has 1 rings (SSSR count). The summed E-state index contributed by atoms with van der Waals surface area (Å²) in [5.74, 6) is -1.09. The minimum absolute atomic E-state index is 0.125. The molecule has 0 aromatic heterocycles. The summed E-state index contributed by atoms with van der Waals surface area (Å²) in [6, 6.07) is -1.58. The molecule has 3 amide bonds. The Morgan fingerprint density at radius 3 is 2.38 bits per heavy atom. The number of nitrogens with zero attached hydrogens (tertiary/aromatic N) is 1. The highest BCUT2D eigenvalue weighted by molar-refractivity contribution is 5.86. The molecule has 4 N–H and O–H groups in total. The Hall–Kier alpha value is -1.83. The Morgan fingerprint density at radius 2 is 1.86 bits per heavy atom. The molecule has 1 aliphatic rings. The first-order chi connectivity index (χ1) is 9.90. The summed E-state index contributed by atoms with van der Waals surface area (Å²) in [5.41, 5.74) is 0. The van der Waals surface area contributed by atoms with E-state index in [4.69, 9.17) is 5.11 Å². The summed E-state index contributed by atoms with van der Waals surface area (Å²) in [5, 5.41) is 16.9. The highest BCUT2D eigenvalue weighted by atomic mass is 16.4. The number of rotatable bonds is 6. The van der Waals surface area contributed by atoms with Crippen molar-refractivity contribution in [3.63, 3.8) is 0 Å². The van der Waals surface area contributed by atoms with Crippen LogP contribution in [-0.2, 0) is 9.59 Å². The van der Waals surface area contributed by atoms with Gasteiger partial charge in [-0.2, -0.15) is 0 Å². The van der Waals surface area contributed by atoms with Crippen LogP contribution in [0.5, 0.6) is 0 Å². The van der Waals surface area contributed by atoms with Crippen molar-refractivity contribution in [2.24, 2.45) is 5.92 Å². The van der Waals surface area contributed by atoms with Gasteiger partial charge in [0, 0.05) is 26.2 Å². The molecule has 1 fully saturated rings. The number of urea groups is 1. The lowest BCUT2D eigenvalue weighted by Crippen LogP contribution is -2.52. The molecule has 0 aliphatic carbocycles. The van der Waals surface area contributed by atoms with Crippen LogP contribution >= 0.6 is 0 Å². The zero-order valence-electron chi connectivity index (χ0n) is 12.5. The normalized spacial score (nSPS) is 16.4. The van der Waals surface area contributed by atoms with Crippen molar-refractivity contribution < 1.29 is 19.5 Å². The topological polar surface area (TPSA) is 111 Å². The summed E-state index contributed by atoms with van der Waals surface area (Å²) in [6.07, 6.45) is 0.342. The molecule has 0 radical (unpaired) electrons. The van der Waals surface area contributed by atoms with Crippen molar-refractivity contribution >= 4 is 17.9 Å². The lowest BCUT2D eigenvalue weighted by atomic mass is 10.0. The minimum atomic E-state index is -1.08. The second-order valence-electron chi connectivity index (χ2n) is 5.48. The van der Waals surface area contributed by atoms with Gasteiger partial charge in [0.1, 0.15) is 6.04 Å². The van der Waals surface area contributed by atoms with Crippen LogP contribution in [0.1, 0.15) is 20.3 Å². The van der Waals surface area contributed by atoms with Gasteiger partial charge in [0.2, 0.25) is 5.91 Å². The van der Waals surface area contributed by atoms with Gasteiger partial charge in [-0.3, -0.25) is 4.79 Å². The molecular formula is C13H24N4O4. The molecule has 120 valence electrons. The zero-order valence-corrected chi connectivity index (χ0v) is 12.5. The summed E-state index contributed by atoms with van der Waals surface area (Å²) < 4.78 is 0. The van der Waals surface area contributed by atoms with Crippen LogP contribution in [0.15, 0.2) is 0 Å². The lowest BCUT2D eigenvalue weighted by molar-refractivity contribution is -0.139. The fourth-order valence-corrected chi connectivity index (χ4v) is 2.08. The van der Waals surface area contributed by atoms with Crippen LogP contribution in [0, 0.1) is 5.92 Å². The Bertz CT molecular complexity index is 380. The van der Waals surface area contributed by atoms with E-state index in [0.717, 1.165) is 13.1 Å². The number of aliphatic carboxylic acids is 1. The van der Waals surface area contributed by atoms with Crippen molar-refractivity contribution in [1.82, 2.24) is 20.9 Å². The second kappa shape index (κ2) is 8.46. The molecule has 1 aliphatic heterocycles. The molecule has 8 nitrogen and oxygen atoms in total. The third-order valence-electron chi connectivity index (χ3n) is 3.18. The largest absolute Gasteiger partial charge is 0.480 e. The Kier molecular flexibility index (Phi) is 6.93. The fraction of sp³-hybridized carbons (Fsp3) is 0.769. The first kappa shape index (κ1) is 17.2. The van der Waals surface area contributed by atoms with E-state index in [2.05, 4.69) is 16.0 Å². The number of carboxylic acid groups (broad SMARTS) is 1. The van der Waals surface area contributed by atoms with Gasteiger partial charge in [-0.1, -0.05) is 13.8 Å². The van der Waals surface area contributed by atoms with Crippen molar-refractivity contribution in [3.8, 4) is 0 Å². The number of carboxylic acids is 1. The SMILES string of the molecule is CC(C)CC(NC(=O)NCC(=O)N1CCNCC1)C(=O)O. The van der Waals surface area contributed by atoms with E-state index >= 15 is 0 Å². The van der Waals surface area contributed by atoms with E-state index in [9.17, 15) is 14.4 Å². The van der Waals surface area contributed by atoms with Crippen molar-refractivity contribution in [3.05, 3.63) is 0 Å². The maximum absolute atomic E-state index is 11.8. The Labute approximate surface area is 124 Å². The predicted octanol–water partition coefficient (Wildman–Crippen LogP) is -0.783. The minimum Gasteiger partial charge on any atom is -0.480 e. The van der Waals surface area contributed by atoms with Gasteiger partial charge >= 0.3 is 12.0 Å². The van der Waals surface area contributed by atoms with E-state index in [-0.39, 0.29) is 18.4 Å². The maximum atomic E-state index is 11.8. The molecule has 8 heteroatoms. The van der Waals surface area contributed by atoms with E-state index in [1.807, 2.05) is 13.8 Å². The third kappa shape index (κ3) is 6.44. The Balaban J connectivity index is 2.34. The van der Waals surface area contributed by atoms with Crippen molar-refractivity contribution in [1.29, 1.82) is 0 Å². The quantitative estimate of drug-likeness (QED) is 0.514. The van der Waals surface area contributed by atoms with Gasteiger partial charge in [0.05, 0.1) is 6.54 Å². The van der Waals surface area contributed by atoms with Crippen LogP contribution in [0.4, 0.5) is 4.79 Å². The molecule has 0 aromatic carbocycles. The molecule has 1 saturated heterocycles. The van der Waals surface area contributed by atoms with Crippen LogP contribution in [-0.4, -0.2) is 66.7 Å². The highest BCUT2D eigenvalue weighted by Crippen LogP contribution is 2.04. The van der Waals surface area contributed by atoms with Crippen molar-refractivity contribution in [2.75, 3.05) is 32.7 Å². The number of hydrogen-bond donors (Lipinski definition) is 4. The van der Waals surface area contributed by atoms with Gasteiger partial charge in [0.25, 0.3) is 0 Å². The Morgan fingerprint density at radius 1 is 1.24 bits per heavy atom. The standard InChI is InChI=1S/C13H24N4O4/c1-9(2)7-10(12(19)20)16-13(21)15-8-11(18)17-5-3-14-4-6-17/h9-10,14H,3-8H2,1-2H3,(H,19,20)(H2,15,16,21). The summed E-state index contributed by atoms with van der Waals surface area (Å²) >= 11 is 0. The first-order valence-electron chi connectivity index (χ1n) is 7.15. The molecular weight excluding hydrogens is 276 g/mol. The molecule has 0 aromatic rings. The molecule has 0 saturated carbocycles. The van der Waals surface area contributed by atoms with Gasteiger partial charge in [-0.05, 0) is 12.3 Å². The summed E-state index contributed by atoms with van der Waals surface area (Å²) in [4.78, 5) is 36.2. The van der Waals surface area contributed by atoms with Crippen LogP contribution in [0.25, 0.3) is 0 Å². The van der Waals surface area contributed by atoms with E-state index in [1.54, 1.807) is 4.90 Å². The number of hydrogen-bond acceptors (Lipinski definition) is 4. The van der Waals surface area contributed by atoms with Gasteiger partial charge in [0.15, 0.2) is 0 Å². The molecule has 0 bridgehead atoms. The number of amides is 3. The monoisotopic (exact) mass is 300 g/mol. The van der Waals surface area contributed by atoms with Gasteiger partial charge < -0.3 is 26.0 Å². The van der Waals surface area contributed by atoms with E-state index in [1.165, 1.54) is 0 Å². The van der Waals surface area contributed by atoms with Crippen molar-refractivity contribution in [2.45, 2.75) is 26.3 Å². The van der Waals surface area contributed by atoms with E-state index < -0.39 is 18.0 Å². The number of piperazine rings is 1. The van der Waals surface area contributed by atoms with Gasteiger partial charge in [-0.25, -0.2) is 9.59 Å². The molecule has 1 unspecified atom stereocenters. The van der Waals surface area contributed by atoms with Crippen LogP contribution in [0.3, 0.4) is 0 Å². The summed E-state index contributed by atoms with van der Waals surface area (Å²) in [7, 11) is 0. The average Bonchev–Trinajstić information content (AvgIpc) is 2.44. The first-order valence-corrected chi connectivity index (χ1v) is 7.15. The number of nitrogens with one attached hydrogen (secondary N) is 3. The summed E-state index contributed by atoms with van der Waals surface area (Å²) in [6.45, 7) is 6.36.